The van der Waals surface area contributed by atoms with Crippen LogP contribution in [-0.2, 0) is 0 Å². The van der Waals surface area contributed by atoms with Crippen molar-refractivity contribution in [3.63, 3.8) is 0 Å². The first kappa shape index (κ1) is 16.0. The van der Waals surface area contributed by atoms with Crippen molar-refractivity contribution in [3.8, 4) is 0 Å². The number of nitrogens with zero attached hydrogens (tertiary/aromatic N) is 1. The number of carbonyl (C=O) groups excluding carboxylic acids is 1. The molecule has 0 bridgehead atoms. The van der Waals surface area contributed by atoms with E-state index in [-0.39, 0.29) is 12.3 Å². The topological polar surface area (TPSA) is 52.6 Å². The highest BCUT2D eigenvalue weighted by molar-refractivity contribution is 9.24. The van der Waals surface area contributed by atoms with Crippen LogP contribution in [0.1, 0.15) is 39.0 Å². The van der Waals surface area contributed by atoms with E-state index in [0.29, 0.717) is 5.54 Å². The predicted octanol–water partition coefficient (Wildman–Crippen LogP) is 2.27. The van der Waals surface area contributed by atoms with E-state index >= 15 is 0 Å². The molecule has 1 heterocycles. The van der Waals surface area contributed by atoms with Crippen LogP contribution >= 0.6 is 15.3 Å². The molecule has 2 amide bonds. The minimum Gasteiger partial charge on any atom is -0.399 e. The molecule has 6 heteroatoms. The Labute approximate surface area is 119 Å². The molecule has 2 N–H and O–H groups in total. The molecule has 0 aromatic rings. The Balaban J connectivity index is 2.32. The van der Waals surface area contributed by atoms with Crippen molar-refractivity contribution < 1.29 is 9.90 Å². The summed E-state index contributed by atoms with van der Waals surface area (Å²) in [6.07, 6.45) is 6.17. The molecule has 1 fully saturated rings. The fourth-order valence-corrected chi connectivity index (χ4v) is 4.85. The second-order valence-electron chi connectivity index (χ2n) is 4.81. The molecular formula is C12H24BrN2O2Si. The molecule has 1 unspecified atom stereocenters. The van der Waals surface area contributed by atoms with Gasteiger partial charge in [-0.15, -0.1) is 15.3 Å². The Morgan fingerprint density at radius 2 is 2.28 bits per heavy atom. The lowest BCUT2D eigenvalue weighted by Gasteiger charge is -2.22. The number of nitrogens with one attached hydrogen (secondary N) is 1. The Bertz CT molecular complexity index is 256. The van der Waals surface area contributed by atoms with Crippen LogP contribution in [0.4, 0.5) is 4.79 Å². The molecule has 0 aliphatic carbocycles. The van der Waals surface area contributed by atoms with Gasteiger partial charge in [0.15, 0.2) is 7.42 Å². The van der Waals surface area contributed by atoms with Crippen molar-refractivity contribution >= 4 is 28.7 Å². The maximum Gasteiger partial charge on any atom is 0.317 e. The zero-order chi connectivity index (χ0) is 13.4. The molecule has 4 nitrogen and oxygen atoms in total. The normalized spacial score (nSPS) is 17.3. The Kier molecular flexibility index (Phi) is 7.93. The van der Waals surface area contributed by atoms with Gasteiger partial charge in [-0.3, -0.25) is 0 Å². The summed E-state index contributed by atoms with van der Waals surface area (Å²) >= 11 is 3.65. The van der Waals surface area contributed by atoms with Gasteiger partial charge >= 0.3 is 6.03 Å². The van der Waals surface area contributed by atoms with E-state index < -0.39 is 7.42 Å². The van der Waals surface area contributed by atoms with Gasteiger partial charge in [-0.2, -0.15) is 0 Å². The van der Waals surface area contributed by atoms with E-state index in [4.69, 9.17) is 0 Å². The highest BCUT2D eigenvalue weighted by Crippen LogP contribution is 2.27. The Morgan fingerprint density at radius 3 is 2.83 bits per heavy atom. The number of urea groups is 1. The van der Waals surface area contributed by atoms with Crippen LogP contribution in [0, 0.1) is 0 Å². The van der Waals surface area contributed by atoms with E-state index in [9.17, 15) is 9.90 Å². The maximum absolute atomic E-state index is 11.4. The predicted molar refractivity (Wildman–Crippen MR) is 79.2 cm³/mol. The molecule has 1 aliphatic rings. The number of hydrogen-bond donors (Lipinski definition) is 2. The van der Waals surface area contributed by atoms with Crippen LogP contribution in [0.3, 0.4) is 0 Å². The molecule has 1 saturated heterocycles. The first-order valence-electron chi connectivity index (χ1n) is 6.83. The summed E-state index contributed by atoms with van der Waals surface area (Å²) < 4.78 is 0. The zero-order valence-corrected chi connectivity index (χ0v) is 13.7. The summed E-state index contributed by atoms with van der Waals surface area (Å²) in [5.74, 6) is 0. The van der Waals surface area contributed by atoms with E-state index in [2.05, 4.69) is 27.5 Å². The van der Waals surface area contributed by atoms with Gasteiger partial charge in [0.1, 0.15) is 0 Å². The van der Waals surface area contributed by atoms with E-state index in [1.165, 1.54) is 25.7 Å². The number of aliphatic hydroxyl groups is 1. The number of aliphatic hydroxyl groups excluding tert-OH is 1. The van der Waals surface area contributed by atoms with Gasteiger partial charge in [-0.05, 0) is 12.0 Å². The van der Waals surface area contributed by atoms with Crippen LogP contribution < -0.4 is 5.32 Å². The van der Waals surface area contributed by atoms with Crippen LogP contribution in [0.2, 0.25) is 5.54 Å². The molecule has 1 atom stereocenters. The fraction of sp³-hybridized carbons (Fsp3) is 0.917. The summed E-state index contributed by atoms with van der Waals surface area (Å²) in [6.45, 7) is 4.62. The summed E-state index contributed by atoms with van der Waals surface area (Å²) in [4.78, 5) is 13.3. The highest BCUT2D eigenvalue weighted by atomic mass is 79.9. The summed E-state index contributed by atoms with van der Waals surface area (Å²) in [6, 6.07) is 0.0645. The van der Waals surface area contributed by atoms with Crippen LogP contribution in [0.15, 0.2) is 0 Å². The third kappa shape index (κ3) is 5.28. The van der Waals surface area contributed by atoms with E-state index in [1.54, 1.807) is 0 Å². The van der Waals surface area contributed by atoms with Gasteiger partial charge in [-0.25, -0.2) is 4.79 Å². The monoisotopic (exact) mass is 335 g/mol. The summed E-state index contributed by atoms with van der Waals surface area (Å²) in [7, 11) is -0.847. The number of halogens is 1. The number of unbranched alkanes of at least 4 members (excludes halogenated alkanes) is 2. The van der Waals surface area contributed by atoms with Gasteiger partial charge in [0.05, 0.1) is 0 Å². The van der Waals surface area contributed by atoms with Crippen molar-refractivity contribution in [1.82, 2.24) is 10.2 Å². The quantitative estimate of drug-likeness (QED) is 0.386. The van der Waals surface area contributed by atoms with Crippen molar-refractivity contribution in [2.75, 3.05) is 25.9 Å². The molecule has 1 rings (SSSR count). The molecule has 105 valence electrons. The third-order valence-corrected chi connectivity index (χ3v) is 7.90. The average Bonchev–Trinajstić information content (AvgIpc) is 2.78. The van der Waals surface area contributed by atoms with Crippen LogP contribution in [-0.4, -0.2) is 49.3 Å². The standard InChI is InChI=1S/C12H24BrN2O2Si/c1-2-3-4-5-11(18(13)10-16)6-8-15-9-7-14-12(15)17/h11,16H,2-10H2,1H3,(H,14,17). The summed E-state index contributed by atoms with van der Waals surface area (Å²) in [5.41, 5.74) is 0.556. The van der Waals surface area contributed by atoms with Crippen molar-refractivity contribution in [1.29, 1.82) is 0 Å². The number of hydrogen-bond acceptors (Lipinski definition) is 2. The minimum absolute atomic E-state index is 0.0645. The zero-order valence-electron chi connectivity index (χ0n) is 11.1. The van der Waals surface area contributed by atoms with Gasteiger partial charge in [0.25, 0.3) is 0 Å². The fourth-order valence-electron chi connectivity index (χ4n) is 2.26. The lowest BCUT2D eigenvalue weighted by Crippen LogP contribution is -2.31. The molecular weight excluding hydrogens is 312 g/mol. The first-order chi connectivity index (χ1) is 8.69. The SMILES string of the molecule is CCCCCC(CCN1CCNC1=O)[Si](Br)CO. The maximum atomic E-state index is 11.4. The lowest BCUT2D eigenvalue weighted by atomic mass is 10.1. The Morgan fingerprint density at radius 1 is 1.50 bits per heavy atom. The molecule has 0 aromatic carbocycles. The molecule has 18 heavy (non-hydrogen) atoms. The van der Waals surface area contributed by atoms with Crippen molar-refractivity contribution in [2.45, 2.75) is 44.6 Å². The van der Waals surface area contributed by atoms with Gasteiger partial charge < -0.3 is 15.3 Å². The number of rotatable bonds is 9. The van der Waals surface area contributed by atoms with Crippen LogP contribution in [0.5, 0.6) is 0 Å². The first-order valence-corrected chi connectivity index (χ1v) is 10.9. The molecule has 0 saturated carbocycles. The summed E-state index contributed by atoms with van der Waals surface area (Å²) in [5, 5.41) is 12.1. The second-order valence-corrected chi connectivity index (χ2v) is 9.89. The van der Waals surface area contributed by atoms with Gasteiger partial charge in [0.2, 0.25) is 0 Å². The number of amides is 2. The van der Waals surface area contributed by atoms with Crippen LogP contribution in [0.25, 0.3) is 0 Å². The van der Waals surface area contributed by atoms with Crippen molar-refractivity contribution in [2.24, 2.45) is 0 Å². The average molecular weight is 336 g/mol. The van der Waals surface area contributed by atoms with E-state index in [0.717, 1.165) is 26.1 Å². The molecule has 0 spiro atoms. The molecule has 1 aliphatic heterocycles. The lowest BCUT2D eigenvalue weighted by molar-refractivity contribution is 0.216. The largest absolute Gasteiger partial charge is 0.399 e. The smallest absolute Gasteiger partial charge is 0.317 e. The highest BCUT2D eigenvalue weighted by Gasteiger charge is 2.24. The second kappa shape index (κ2) is 8.93. The van der Waals surface area contributed by atoms with Gasteiger partial charge in [0, 0.05) is 25.9 Å². The minimum atomic E-state index is -0.847. The van der Waals surface area contributed by atoms with Crippen molar-refractivity contribution in [3.05, 3.63) is 0 Å². The number of carbonyl (C=O) groups is 1. The molecule has 1 radical (unpaired) electrons. The third-order valence-electron chi connectivity index (χ3n) is 3.44. The van der Waals surface area contributed by atoms with Gasteiger partial charge in [-0.1, -0.05) is 32.6 Å². The Hall–Kier alpha value is -0.0731. The molecule has 0 aromatic heterocycles. The van der Waals surface area contributed by atoms with E-state index in [1.807, 2.05) is 4.90 Å².